The van der Waals surface area contributed by atoms with Gasteiger partial charge in [0, 0.05) is 17.0 Å². The van der Waals surface area contributed by atoms with Gasteiger partial charge in [0.25, 0.3) is 0 Å². The van der Waals surface area contributed by atoms with Crippen LogP contribution in [0.4, 0.5) is 4.39 Å². The summed E-state index contributed by atoms with van der Waals surface area (Å²) in [5.41, 5.74) is -0.0719. The Kier molecular flexibility index (Phi) is 4.39. The maximum Gasteiger partial charge on any atom is 0.343 e. The van der Waals surface area contributed by atoms with Gasteiger partial charge in [0.2, 0.25) is 0 Å². The number of benzene rings is 1. The van der Waals surface area contributed by atoms with Crippen molar-refractivity contribution in [2.75, 3.05) is 0 Å². The number of aromatic nitrogens is 3. The van der Waals surface area contributed by atoms with E-state index in [1.165, 1.54) is 10.6 Å². The smallest absolute Gasteiger partial charge is 0.343 e. The summed E-state index contributed by atoms with van der Waals surface area (Å²) in [6.07, 6.45) is 0.795. The Hall–Kier alpha value is -1.60. The van der Waals surface area contributed by atoms with Crippen molar-refractivity contribution in [2.45, 2.75) is 36.5 Å². The van der Waals surface area contributed by atoms with Gasteiger partial charge in [0.05, 0.1) is 6.61 Å². The van der Waals surface area contributed by atoms with E-state index in [0.29, 0.717) is 16.6 Å². The van der Waals surface area contributed by atoms with Gasteiger partial charge < -0.3 is 5.11 Å². The summed E-state index contributed by atoms with van der Waals surface area (Å²) < 4.78 is 15.0. The highest BCUT2D eigenvalue weighted by atomic mass is 32.2. The molecule has 102 valence electrons. The predicted octanol–water partition coefficient (Wildman–Crippen LogP) is 1.76. The van der Waals surface area contributed by atoms with Crippen molar-refractivity contribution in [2.24, 2.45) is 0 Å². The number of aromatic amines is 1. The summed E-state index contributed by atoms with van der Waals surface area (Å²) in [6, 6.07) is 4.54. The van der Waals surface area contributed by atoms with Crippen LogP contribution in [0.2, 0.25) is 0 Å². The third-order valence-electron chi connectivity index (χ3n) is 2.61. The fraction of sp³-hybridized carbons (Fsp3) is 0.333. The zero-order chi connectivity index (χ0) is 13.8. The fourth-order valence-corrected chi connectivity index (χ4v) is 2.69. The summed E-state index contributed by atoms with van der Waals surface area (Å²) in [7, 11) is 0. The van der Waals surface area contributed by atoms with Crippen LogP contribution in [0.5, 0.6) is 0 Å². The number of rotatable bonds is 5. The van der Waals surface area contributed by atoms with Gasteiger partial charge >= 0.3 is 5.69 Å². The fourth-order valence-electron chi connectivity index (χ4n) is 1.69. The van der Waals surface area contributed by atoms with Gasteiger partial charge in [-0.3, -0.25) is 4.57 Å². The summed E-state index contributed by atoms with van der Waals surface area (Å²) in [6.45, 7) is 2.11. The molecule has 0 unspecified atom stereocenters. The summed E-state index contributed by atoms with van der Waals surface area (Å²) in [5, 5.41) is 16.0. The van der Waals surface area contributed by atoms with E-state index in [2.05, 4.69) is 10.2 Å². The van der Waals surface area contributed by atoms with Crippen molar-refractivity contribution >= 4 is 11.8 Å². The SMILES string of the molecule is CCCn1c(Sc2cccc(F)c2CO)n[nH]c1=O. The Morgan fingerprint density at radius 2 is 2.32 bits per heavy atom. The second kappa shape index (κ2) is 6.03. The number of nitrogens with one attached hydrogen (secondary N) is 1. The number of aliphatic hydroxyl groups is 1. The molecule has 0 saturated heterocycles. The number of halogens is 1. The Morgan fingerprint density at radius 3 is 3.00 bits per heavy atom. The van der Waals surface area contributed by atoms with Crippen LogP contribution in [0.3, 0.4) is 0 Å². The van der Waals surface area contributed by atoms with E-state index in [0.717, 1.165) is 18.2 Å². The number of H-pyrrole nitrogens is 1. The average Bonchev–Trinajstić information content (AvgIpc) is 2.72. The van der Waals surface area contributed by atoms with Crippen LogP contribution in [0.1, 0.15) is 18.9 Å². The van der Waals surface area contributed by atoms with Gasteiger partial charge in [-0.2, -0.15) is 0 Å². The zero-order valence-electron chi connectivity index (χ0n) is 10.4. The van der Waals surface area contributed by atoms with Crippen LogP contribution in [-0.2, 0) is 13.2 Å². The van der Waals surface area contributed by atoms with Gasteiger partial charge in [-0.1, -0.05) is 13.0 Å². The molecule has 0 radical (unpaired) electrons. The Balaban J connectivity index is 2.36. The first-order chi connectivity index (χ1) is 9.17. The van der Waals surface area contributed by atoms with Crippen molar-refractivity contribution in [3.05, 3.63) is 40.1 Å². The normalized spacial score (nSPS) is 10.9. The van der Waals surface area contributed by atoms with Gasteiger partial charge in [0.1, 0.15) is 5.82 Å². The van der Waals surface area contributed by atoms with Gasteiger partial charge in [0.15, 0.2) is 5.16 Å². The van der Waals surface area contributed by atoms with E-state index >= 15 is 0 Å². The minimum Gasteiger partial charge on any atom is -0.392 e. The maximum atomic E-state index is 13.5. The van der Waals surface area contributed by atoms with Crippen molar-refractivity contribution in [3.63, 3.8) is 0 Å². The predicted molar refractivity (Wildman–Crippen MR) is 69.6 cm³/mol. The Labute approximate surface area is 113 Å². The minimum absolute atomic E-state index is 0.214. The summed E-state index contributed by atoms with van der Waals surface area (Å²) in [4.78, 5) is 12.1. The van der Waals surface area contributed by atoms with E-state index in [4.69, 9.17) is 0 Å². The number of aliphatic hydroxyl groups excluding tert-OH is 1. The molecule has 2 N–H and O–H groups in total. The topological polar surface area (TPSA) is 70.9 Å². The molecular formula is C12H14FN3O2S. The van der Waals surface area contributed by atoms with Gasteiger partial charge in [-0.25, -0.2) is 14.3 Å². The lowest BCUT2D eigenvalue weighted by Crippen LogP contribution is -2.17. The number of hydrogen-bond donors (Lipinski definition) is 2. The highest BCUT2D eigenvalue weighted by molar-refractivity contribution is 7.99. The van der Waals surface area contributed by atoms with Crippen LogP contribution in [0, 0.1) is 5.82 Å². The minimum atomic E-state index is -0.465. The van der Waals surface area contributed by atoms with Crippen molar-refractivity contribution in [1.29, 1.82) is 0 Å². The van der Waals surface area contributed by atoms with E-state index in [1.54, 1.807) is 12.1 Å². The van der Waals surface area contributed by atoms with Gasteiger partial charge in [-0.15, -0.1) is 5.10 Å². The molecule has 5 nitrogen and oxygen atoms in total. The molecule has 1 aromatic heterocycles. The number of hydrogen-bond acceptors (Lipinski definition) is 4. The molecule has 2 rings (SSSR count). The highest BCUT2D eigenvalue weighted by Crippen LogP contribution is 2.29. The van der Waals surface area contributed by atoms with Crippen LogP contribution < -0.4 is 5.69 Å². The lowest BCUT2D eigenvalue weighted by atomic mass is 10.2. The van der Waals surface area contributed by atoms with Gasteiger partial charge in [-0.05, 0) is 30.3 Å². The Bertz CT molecular complexity index is 624. The van der Waals surface area contributed by atoms with Crippen LogP contribution in [-0.4, -0.2) is 19.9 Å². The van der Waals surface area contributed by atoms with E-state index in [-0.39, 0.29) is 11.3 Å². The van der Waals surface area contributed by atoms with Crippen molar-refractivity contribution < 1.29 is 9.50 Å². The van der Waals surface area contributed by atoms with Crippen LogP contribution in [0.15, 0.2) is 33.0 Å². The van der Waals surface area contributed by atoms with E-state index < -0.39 is 12.4 Å². The largest absolute Gasteiger partial charge is 0.392 e. The standard InChI is InChI=1S/C12H14FN3O2S/c1-2-6-16-11(18)14-15-12(16)19-10-5-3-4-9(13)8(10)7-17/h3-5,17H,2,6-7H2,1H3,(H,14,18). The number of nitrogens with zero attached hydrogens (tertiary/aromatic N) is 2. The lowest BCUT2D eigenvalue weighted by Gasteiger charge is -2.08. The molecule has 0 spiro atoms. The zero-order valence-corrected chi connectivity index (χ0v) is 11.2. The second-order valence-electron chi connectivity index (χ2n) is 3.94. The highest BCUT2D eigenvalue weighted by Gasteiger charge is 2.13. The molecule has 1 aromatic carbocycles. The van der Waals surface area contributed by atoms with Crippen LogP contribution in [0.25, 0.3) is 0 Å². The molecule has 0 aliphatic carbocycles. The summed E-state index contributed by atoms with van der Waals surface area (Å²) >= 11 is 1.16. The van der Waals surface area contributed by atoms with Crippen molar-refractivity contribution in [1.82, 2.24) is 14.8 Å². The quantitative estimate of drug-likeness (QED) is 0.877. The molecule has 0 fully saturated rings. The molecule has 0 aliphatic heterocycles. The molecule has 0 aliphatic rings. The van der Waals surface area contributed by atoms with Crippen LogP contribution >= 0.6 is 11.8 Å². The molecule has 0 amide bonds. The third kappa shape index (κ3) is 2.87. The molecule has 7 heteroatoms. The first-order valence-corrected chi connectivity index (χ1v) is 6.70. The molecule has 0 atom stereocenters. The summed E-state index contributed by atoms with van der Waals surface area (Å²) in [5.74, 6) is -0.465. The van der Waals surface area contributed by atoms with Crippen molar-refractivity contribution in [3.8, 4) is 0 Å². The molecule has 2 aromatic rings. The molecule has 0 saturated carbocycles. The second-order valence-corrected chi connectivity index (χ2v) is 4.95. The Morgan fingerprint density at radius 1 is 1.53 bits per heavy atom. The first kappa shape index (κ1) is 13.8. The maximum absolute atomic E-state index is 13.5. The molecule has 0 bridgehead atoms. The third-order valence-corrected chi connectivity index (χ3v) is 3.70. The molecule has 19 heavy (non-hydrogen) atoms. The van der Waals surface area contributed by atoms with E-state index in [1.807, 2.05) is 6.92 Å². The van der Waals surface area contributed by atoms with E-state index in [9.17, 15) is 14.3 Å². The monoisotopic (exact) mass is 283 g/mol. The molecule has 1 heterocycles. The lowest BCUT2D eigenvalue weighted by molar-refractivity contribution is 0.272. The first-order valence-electron chi connectivity index (χ1n) is 5.88. The average molecular weight is 283 g/mol. The molecular weight excluding hydrogens is 269 g/mol.